The summed E-state index contributed by atoms with van der Waals surface area (Å²) in [6.45, 7) is 11.2. The number of hydrogen-bond donors (Lipinski definition) is 3. The molecule has 0 radical (unpaired) electrons. The molecule has 1 spiro atoms. The van der Waals surface area contributed by atoms with Crippen molar-refractivity contribution in [3.63, 3.8) is 0 Å². The van der Waals surface area contributed by atoms with Crippen LogP contribution in [-0.4, -0.2) is 84.0 Å². The highest BCUT2D eigenvalue weighted by molar-refractivity contribution is 7.91. The number of nitrogens with one attached hydrogen (secondary N) is 3. The van der Waals surface area contributed by atoms with Gasteiger partial charge in [-0.1, -0.05) is 38.9 Å². The molecule has 2 aliphatic heterocycles. The second kappa shape index (κ2) is 11.6. The van der Waals surface area contributed by atoms with Crippen LogP contribution in [0.25, 0.3) is 0 Å². The SMILES string of the molecule is C=C[C@@H]1C[C@]1(NC(=O)[C@@H]1C[C@]2(CC(CC)=NO2)CN1C(=O)[C@@H](NC(=O)OC1CCCC1)C(C)(C)C)C(=O)NS(=O)(=O)C1CC1.[HH]. The van der Waals surface area contributed by atoms with Crippen LogP contribution >= 0.6 is 0 Å². The Morgan fingerprint density at radius 3 is 2.41 bits per heavy atom. The van der Waals surface area contributed by atoms with E-state index in [1.165, 1.54) is 11.0 Å². The van der Waals surface area contributed by atoms with Crippen molar-refractivity contribution in [2.24, 2.45) is 16.5 Å². The lowest BCUT2D eigenvalue weighted by Gasteiger charge is -2.35. The third-order valence-electron chi connectivity index (χ3n) is 9.49. The average Bonchev–Trinajstić information content (AvgIpc) is 3.78. The van der Waals surface area contributed by atoms with Crippen molar-refractivity contribution in [1.82, 2.24) is 20.3 Å². The highest BCUT2D eigenvalue weighted by Crippen LogP contribution is 2.46. The fourth-order valence-electron chi connectivity index (χ4n) is 6.54. The van der Waals surface area contributed by atoms with E-state index in [1.54, 1.807) is 0 Å². The Kier molecular flexibility index (Phi) is 8.53. The molecule has 0 unspecified atom stereocenters. The van der Waals surface area contributed by atoms with E-state index in [1.807, 2.05) is 27.7 Å². The van der Waals surface area contributed by atoms with E-state index in [0.29, 0.717) is 25.7 Å². The maximum atomic E-state index is 14.3. The fraction of sp³-hybridized carbons (Fsp3) is 0.767. The number of alkyl carbamates (subject to hydrolysis) is 1. The molecule has 4 amide bonds. The molecule has 3 N–H and O–H groups in total. The summed E-state index contributed by atoms with van der Waals surface area (Å²) in [4.78, 5) is 61.8. The summed E-state index contributed by atoms with van der Waals surface area (Å²) in [6, 6.07) is -2.10. The Morgan fingerprint density at radius 2 is 1.86 bits per heavy atom. The van der Waals surface area contributed by atoms with Crippen molar-refractivity contribution in [2.75, 3.05) is 6.54 Å². The molecule has 13 nitrogen and oxygen atoms in total. The molecular weight excluding hydrogens is 590 g/mol. The van der Waals surface area contributed by atoms with Crippen LogP contribution in [-0.2, 0) is 34.0 Å². The zero-order chi connectivity index (χ0) is 32.1. The predicted octanol–water partition coefficient (Wildman–Crippen LogP) is 2.51. The summed E-state index contributed by atoms with van der Waals surface area (Å²) in [5.41, 5.74) is -2.38. The average molecular weight is 638 g/mol. The van der Waals surface area contributed by atoms with Gasteiger partial charge in [-0.05, 0) is 56.8 Å². The summed E-state index contributed by atoms with van der Waals surface area (Å²) in [5, 5.41) is 9.13. The third kappa shape index (κ3) is 6.45. The number of likely N-dealkylation sites (tertiary alicyclic amines) is 1. The molecule has 0 aromatic rings. The molecule has 3 aliphatic carbocycles. The van der Waals surface area contributed by atoms with E-state index in [-0.39, 0.29) is 26.9 Å². The van der Waals surface area contributed by atoms with Crippen LogP contribution in [0.3, 0.4) is 0 Å². The van der Waals surface area contributed by atoms with Gasteiger partial charge in [0.2, 0.25) is 21.8 Å². The molecular formula is C30H47N5O8S. The lowest BCUT2D eigenvalue weighted by atomic mass is 9.85. The van der Waals surface area contributed by atoms with Gasteiger partial charge in [0.15, 0.2) is 5.60 Å². The monoisotopic (exact) mass is 637 g/mol. The van der Waals surface area contributed by atoms with Gasteiger partial charge in [-0.15, -0.1) is 6.58 Å². The minimum atomic E-state index is -3.85. The first-order valence-corrected chi connectivity index (χ1v) is 17.2. The first-order chi connectivity index (χ1) is 20.6. The zero-order valence-electron chi connectivity index (χ0n) is 26.0. The Bertz CT molecular complexity index is 1360. The quantitative estimate of drug-likeness (QED) is 0.307. The molecule has 1 saturated heterocycles. The van der Waals surface area contributed by atoms with Crippen LogP contribution < -0.4 is 15.4 Å². The van der Waals surface area contributed by atoms with Gasteiger partial charge in [-0.25, -0.2) is 13.2 Å². The largest absolute Gasteiger partial charge is 0.446 e. The van der Waals surface area contributed by atoms with Crippen LogP contribution in [0.4, 0.5) is 4.79 Å². The number of carbonyl (C=O) groups is 4. The summed E-state index contributed by atoms with van der Waals surface area (Å²) < 4.78 is 32.8. The summed E-state index contributed by atoms with van der Waals surface area (Å²) in [6.07, 6.45) is 6.46. The van der Waals surface area contributed by atoms with Crippen LogP contribution in [0, 0.1) is 11.3 Å². The Balaban J connectivity index is 0.00000461. The molecule has 246 valence electrons. The first-order valence-electron chi connectivity index (χ1n) is 15.7. The maximum Gasteiger partial charge on any atom is 0.408 e. The molecule has 3 saturated carbocycles. The van der Waals surface area contributed by atoms with Crippen molar-refractivity contribution in [2.45, 2.75) is 126 Å². The van der Waals surface area contributed by atoms with E-state index in [4.69, 9.17) is 9.57 Å². The number of oxime groups is 1. The lowest BCUT2D eigenvalue weighted by molar-refractivity contribution is -0.143. The van der Waals surface area contributed by atoms with Crippen LogP contribution in [0.1, 0.15) is 93.3 Å². The number of rotatable bonds is 10. The molecule has 0 aromatic carbocycles. The Morgan fingerprint density at radius 1 is 1.18 bits per heavy atom. The van der Waals surface area contributed by atoms with Crippen molar-refractivity contribution < 1.29 is 38.6 Å². The van der Waals surface area contributed by atoms with E-state index in [2.05, 4.69) is 27.1 Å². The predicted molar refractivity (Wildman–Crippen MR) is 163 cm³/mol. The van der Waals surface area contributed by atoms with Crippen molar-refractivity contribution >= 4 is 39.5 Å². The number of ether oxygens (including phenoxy) is 1. The zero-order valence-corrected chi connectivity index (χ0v) is 26.8. The second-order valence-electron chi connectivity index (χ2n) is 14.1. The second-order valence-corrected chi connectivity index (χ2v) is 16.0. The summed E-state index contributed by atoms with van der Waals surface area (Å²) in [7, 11) is -3.85. The van der Waals surface area contributed by atoms with E-state index in [9.17, 15) is 27.6 Å². The fourth-order valence-corrected chi connectivity index (χ4v) is 7.90. The molecule has 2 heterocycles. The third-order valence-corrected chi connectivity index (χ3v) is 11.3. The number of nitrogens with zero attached hydrogens (tertiary/aromatic N) is 2. The molecule has 5 aliphatic rings. The van der Waals surface area contributed by atoms with Crippen LogP contribution in [0.5, 0.6) is 0 Å². The highest BCUT2D eigenvalue weighted by Gasteiger charge is 2.63. The van der Waals surface area contributed by atoms with Crippen LogP contribution in [0.15, 0.2) is 17.8 Å². The molecule has 0 aromatic heterocycles. The number of amides is 4. The molecule has 44 heavy (non-hydrogen) atoms. The maximum absolute atomic E-state index is 14.3. The van der Waals surface area contributed by atoms with E-state index < -0.39 is 73.6 Å². The van der Waals surface area contributed by atoms with Gasteiger partial charge in [-0.3, -0.25) is 19.1 Å². The lowest BCUT2D eigenvalue weighted by Crippen LogP contribution is -2.60. The van der Waals surface area contributed by atoms with Gasteiger partial charge < -0.3 is 25.1 Å². The van der Waals surface area contributed by atoms with Gasteiger partial charge in [0.05, 0.1) is 17.5 Å². The van der Waals surface area contributed by atoms with Gasteiger partial charge >= 0.3 is 6.09 Å². The summed E-state index contributed by atoms with van der Waals surface area (Å²) in [5.74, 6) is -2.40. The molecule has 5 atom stereocenters. The van der Waals surface area contributed by atoms with Gasteiger partial charge in [-0.2, -0.15) is 0 Å². The Hall–Kier alpha value is -3.16. The topological polar surface area (TPSA) is 173 Å². The smallest absolute Gasteiger partial charge is 0.408 e. The highest BCUT2D eigenvalue weighted by atomic mass is 32.2. The van der Waals surface area contributed by atoms with Gasteiger partial charge in [0, 0.05) is 20.2 Å². The Labute approximate surface area is 260 Å². The first kappa shape index (κ1) is 32.2. The number of carbonyl (C=O) groups excluding carboxylic acids is 4. The van der Waals surface area contributed by atoms with Crippen LogP contribution in [0.2, 0.25) is 0 Å². The van der Waals surface area contributed by atoms with Crippen molar-refractivity contribution in [3.05, 3.63) is 12.7 Å². The number of hydrogen-bond acceptors (Lipinski definition) is 9. The molecule has 4 fully saturated rings. The van der Waals surface area contributed by atoms with E-state index in [0.717, 1.165) is 31.4 Å². The van der Waals surface area contributed by atoms with Crippen molar-refractivity contribution in [3.8, 4) is 0 Å². The normalized spacial score (nSPS) is 30.7. The van der Waals surface area contributed by atoms with Crippen molar-refractivity contribution in [1.29, 1.82) is 0 Å². The number of sulfonamides is 1. The minimum absolute atomic E-state index is 0. The molecule has 0 bridgehead atoms. The minimum Gasteiger partial charge on any atom is -0.446 e. The van der Waals surface area contributed by atoms with Gasteiger partial charge in [0.25, 0.3) is 5.91 Å². The molecule has 14 heteroatoms. The summed E-state index contributed by atoms with van der Waals surface area (Å²) >= 11 is 0. The molecule has 5 rings (SSSR count). The standard InChI is InChI=1S/C30H45N5O8S.H2/c1-6-18-14-30(18,26(38)34-44(40,41)21-12-13-21)32-24(36)22-16-29(15-19(7-2)33-43-29)17-35(22)25(37)23(28(3,4)5)31-27(39)42-20-10-8-9-11-20;/h6,18,20-23H,1,7-17H2,2-5H3,(H,31,39)(H,32,36)(H,34,38);1H/t18-,22+,23-,29-,30-;/m1./s1. The van der Waals surface area contributed by atoms with E-state index >= 15 is 0 Å². The van der Waals surface area contributed by atoms with Gasteiger partial charge in [0.1, 0.15) is 23.7 Å².